The largest absolute Gasteiger partial charge is 0.494 e. The fourth-order valence-corrected chi connectivity index (χ4v) is 2.14. The number of para-hydroxylation sites is 2. The Morgan fingerprint density at radius 2 is 1.70 bits per heavy atom. The Kier molecular flexibility index (Phi) is 3.13. The molecule has 0 atom stereocenters. The van der Waals surface area contributed by atoms with E-state index in [0.29, 0.717) is 5.82 Å². The van der Waals surface area contributed by atoms with E-state index in [1.165, 1.54) is 0 Å². The van der Waals surface area contributed by atoms with Gasteiger partial charge in [-0.2, -0.15) is 5.10 Å². The highest BCUT2D eigenvalue weighted by Crippen LogP contribution is 2.27. The van der Waals surface area contributed by atoms with Crippen LogP contribution in [0.3, 0.4) is 0 Å². The van der Waals surface area contributed by atoms with Crippen LogP contribution in [-0.4, -0.2) is 16.9 Å². The van der Waals surface area contributed by atoms with Gasteiger partial charge in [-0.3, -0.25) is 0 Å². The van der Waals surface area contributed by atoms with E-state index in [-0.39, 0.29) is 0 Å². The zero-order valence-electron chi connectivity index (χ0n) is 11.2. The summed E-state index contributed by atoms with van der Waals surface area (Å²) in [6.07, 6.45) is 0. The van der Waals surface area contributed by atoms with Gasteiger partial charge in [0.2, 0.25) is 0 Å². The van der Waals surface area contributed by atoms with Gasteiger partial charge >= 0.3 is 0 Å². The maximum Gasteiger partial charge on any atom is 0.144 e. The fourth-order valence-electron chi connectivity index (χ4n) is 2.14. The lowest BCUT2D eigenvalue weighted by Crippen LogP contribution is -2.03. The molecule has 100 valence electrons. The molecule has 20 heavy (non-hydrogen) atoms. The van der Waals surface area contributed by atoms with Gasteiger partial charge in [-0.25, -0.2) is 4.68 Å². The van der Waals surface area contributed by atoms with Crippen LogP contribution in [0.4, 0.5) is 5.82 Å². The highest BCUT2D eigenvalue weighted by molar-refractivity contribution is 5.64. The first kappa shape index (κ1) is 12.3. The van der Waals surface area contributed by atoms with Gasteiger partial charge in [-0.05, 0) is 12.1 Å². The molecule has 2 N–H and O–H groups in total. The Morgan fingerprint density at radius 1 is 1.00 bits per heavy atom. The summed E-state index contributed by atoms with van der Waals surface area (Å²) in [4.78, 5) is 0. The van der Waals surface area contributed by atoms with Crippen LogP contribution in [0.1, 0.15) is 0 Å². The average molecular weight is 265 g/mol. The van der Waals surface area contributed by atoms with E-state index in [2.05, 4.69) is 5.10 Å². The Morgan fingerprint density at radius 3 is 2.45 bits per heavy atom. The van der Waals surface area contributed by atoms with Crippen LogP contribution in [0.25, 0.3) is 16.9 Å². The maximum absolute atomic E-state index is 6.08. The summed E-state index contributed by atoms with van der Waals surface area (Å²) in [5.74, 6) is 1.32. The molecule has 1 heterocycles. The van der Waals surface area contributed by atoms with Crippen molar-refractivity contribution in [1.29, 1.82) is 0 Å². The third-order valence-corrected chi connectivity index (χ3v) is 3.12. The topological polar surface area (TPSA) is 53.1 Å². The summed E-state index contributed by atoms with van der Waals surface area (Å²) in [5.41, 5.74) is 8.78. The predicted molar refractivity (Wildman–Crippen MR) is 80.0 cm³/mol. The van der Waals surface area contributed by atoms with Gasteiger partial charge < -0.3 is 10.5 Å². The summed E-state index contributed by atoms with van der Waals surface area (Å²) < 4.78 is 7.05. The standard InChI is InChI=1S/C16H15N3O/c1-20-15-10-6-5-9-14(15)19-16(17)11-13(18-19)12-7-3-2-4-8-12/h2-11H,17H2,1H3. The van der Waals surface area contributed by atoms with Crippen molar-refractivity contribution in [2.24, 2.45) is 0 Å². The van der Waals surface area contributed by atoms with Crippen molar-refractivity contribution in [1.82, 2.24) is 9.78 Å². The molecule has 3 aromatic rings. The highest BCUT2D eigenvalue weighted by Gasteiger charge is 2.11. The number of nitrogen functional groups attached to an aromatic ring is 1. The molecular formula is C16H15N3O. The molecule has 2 aromatic carbocycles. The molecule has 1 aromatic heterocycles. The number of methoxy groups -OCH3 is 1. The van der Waals surface area contributed by atoms with Gasteiger partial charge in [-0.1, -0.05) is 42.5 Å². The molecule has 0 saturated heterocycles. The van der Waals surface area contributed by atoms with Crippen LogP contribution < -0.4 is 10.5 Å². The molecule has 0 spiro atoms. The van der Waals surface area contributed by atoms with Crippen LogP contribution in [0, 0.1) is 0 Å². The predicted octanol–water partition coefficient (Wildman–Crippen LogP) is 3.13. The van der Waals surface area contributed by atoms with Crippen LogP contribution in [0.2, 0.25) is 0 Å². The number of rotatable bonds is 3. The zero-order valence-corrected chi connectivity index (χ0v) is 11.2. The summed E-state index contributed by atoms with van der Waals surface area (Å²) in [7, 11) is 1.64. The van der Waals surface area contributed by atoms with Gasteiger partial charge in [0, 0.05) is 11.6 Å². The highest BCUT2D eigenvalue weighted by atomic mass is 16.5. The average Bonchev–Trinajstić information content (AvgIpc) is 2.90. The van der Waals surface area contributed by atoms with Crippen LogP contribution in [0.5, 0.6) is 5.75 Å². The number of aromatic nitrogens is 2. The third kappa shape index (κ3) is 2.12. The zero-order chi connectivity index (χ0) is 13.9. The molecule has 4 heteroatoms. The Balaban J connectivity index is 2.10. The number of benzene rings is 2. The van der Waals surface area contributed by atoms with Gasteiger partial charge in [0.15, 0.2) is 0 Å². The van der Waals surface area contributed by atoms with Crippen LogP contribution in [0.15, 0.2) is 60.7 Å². The van der Waals surface area contributed by atoms with E-state index in [0.717, 1.165) is 22.7 Å². The van der Waals surface area contributed by atoms with Crippen molar-refractivity contribution in [3.05, 3.63) is 60.7 Å². The lowest BCUT2D eigenvalue weighted by Gasteiger charge is -2.09. The SMILES string of the molecule is COc1ccccc1-n1nc(-c2ccccc2)cc1N. The minimum absolute atomic E-state index is 0.577. The van der Waals surface area contributed by atoms with E-state index < -0.39 is 0 Å². The fraction of sp³-hybridized carbons (Fsp3) is 0.0625. The van der Waals surface area contributed by atoms with Crippen molar-refractivity contribution in [3.63, 3.8) is 0 Å². The van der Waals surface area contributed by atoms with Crippen LogP contribution >= 0.6 is 0 Å². The quantitative estimate of drug-likeness (QED) is 0.791. The Labute approximate surface area is 117 Å². The first-order valence-corrected chi connectivity index (χ1v) is 6.34. The first-order chi connectivity index (χ1) is 9.79. The van der Waals surface area contributed by atoms with Crippen molar-refractivity contribution in [2.75, 3.05) is 12.8 Å². The Bertz CT molecular complexity index is 720. The summed E-state index contributed by atoms with van der Waals surface area (Å²) in [6.45, 7) is 0. The normalized spacial score (nSPS) is 10.4. The Hall–Kier alpha value is -2.75. The summed E-state index contributed by atoms with van der Waals surface area (Å²) in [6, 6.07) is 19.5. The van der Waals surface area contributed by atoms with E-state index in [1.54, 1.807) is 11.8 Å². The second kappa shape index (κ2) is 5.09. The number of ether oxygens (including phenoxy) is 1. The van der Waals surface area contributed by atoms with Crippen molar-refractivity contribution in [2.45, 2.75) is 0 Å². The molecule has 0 aliphatic heterocycles. The minimum atomic E-state index is 0.577. The summed E-state index contributed by atoms with van der Waals surface area (Å²) in [5, 5.41) is 4.57. The second-order valence-corrected chi connectivity index (χ2v) is 4.40. The smallest absolute Gasteiger partial charge is 0.144 e. The summed E-state index contributed by atoms with van der Waals surface area (Å²) >= 11 is 0. The van der Waals surface area contributed by atoms with E-state index >= 15 is 0 Å². The molecule has 0 amide bonds. The number of nitrogens with two attached hydrogens (primary N) is 1. The van der Waals surface area contributed by atoms with Crippen molar-refractivity contribution >= 4 is 5.82 Å². The number of hydrogen-bond donors (Lipinski definition) is 1. The monoisotopic (exact) mass is 265 g/mol. The lowest BCUT2D eigenvalue weighted by molar-refractivity contribution is 0.412. The van der Waals surface area contributed by atoms with Crippen molar-refractivity contribution < 1.29 is 4.74 Å². The third-order valence-electron chi connectivity index (χ3n) is 3.12. The van der Waals surface area contributed by atoms with E-state index in [1.807, 2.05) is 60.7 Å². The number of anilines is 1. The first-order valence-electron chi connectivity index (χ1n) is 6.34. The maximum atomic E-state index is 6.08. The van der Waals surface area contributed by atoms with Crippen LogP contribution in [-0.2, 0) is 0 Å². The van der Waals surface area contributed by atoms with Gasteiger partial charge in [0.25, 0.3) is 0 Å². The number of hydrogen-bond acceptors (Lipinski definition) is 3. The molecule has 0 aliphatic rings. The molecule has 0 radical (unpaired) electrons. The molecule has 3 rings (SSSR count). The van der Waals surface area contributed by atoms with Crippen molar-refractivity contribution in [3.8, 4) is 22.7 Å². The van der Waals surface area contributed by atoms with E-state index in [9.17, 15) is 0 Å². The minimum Gasteiger partial charge on any atom is -0.494 e. The second-order valence-electron chi connectivity index (χ2n) is 4.40. The molecule has 0 fully saturated rings. The molecule has 4 nitrogen and oxygen atoms in total. The lowest BCUT2D eigenvalue weighted by atomic mass is 10.2. The van der Waals surface area contributed by atoms with E-state index in [4.69, 9.17) is 10.5 Å². The van der Waals surface area contributed by atoms with Gasteiger partial charge in [0.05, 0.1) is 12.8 Å². The molecule has 0 bridgehead atoms. The van der Waals surface area contributed by atoms with Gasteiger partial charge in [-0.15, -0.1) is 0 Å². The molecular weight excluding hydrogens is 250 g/mol. The molecule has 0 unspecified atom stereocenters. The van der Waals surface area contributed by atoms with Gasteiger partial charge in [0.1, 0.15) is 17.3 Å². The molecule has 0 aliphatic carbocycles. The number of nitrogens with zero attached hydrogens (tertiary/aromatic N) is 2. The molecule has 0 saturated carbocycles.